The molecule has 5 atom stereocenters. The molecule has 228 valence electrons. The van der Waals surface area contributed by atoms with Crippen LogP contribution in [0.25, 0.3) is 10.3 Å². The van der Waals surface area contributed by atoms with Gasteiger partial charge in [0.1, 0.15) is 16.9 Å². The highest BCUT2D eigenvalue weighted by molar-refractivity contribution is 7.73. The zero-order valence-electron chi connectivity index (χ0n) is 23.1. The Bertz CT molecular complexity index is 2070. The Morgan fingerprint density at radius 1 is 0.889 bits per heavy atom. The van der Waals surface area contributed by atoms with Crippen molar-refractivity contribution in [3.05, 3.63) is 122 Å². The van der Waals surface area contributed by atoms with Gasteiger partial charge < -0.3 is 25.8 Å². The Morgan fingerprint density at radius 3 is 1.91 bits per heavy atom. The number of aliphatic hydroxyl groups is 3. The van der Waals surface area contributed by atoms with E-state index in [0.717, 1.165) is 15.9 Å². The number of carbonyl (C=O) groups is 3. The molecule has 1 aliphatic rings. The van der Waals surface area contributed by atoms with Gasteiger partial charge in [-0.1, -0.05) is 102 Å². The van der Waals surface area contributed by atoms with Crippen molar-refractivity contribution >= 4 is 57.2 Å². The molecule has 3 aromatic carbocycles. The zero-order chi connectivity index (χ0) is 32.1. The number of aliphatic hydroxyl groups excluding tert-OH is 1. The van der Waals surface area contributed by atoms with Gasteiger partial charge >= 0.3 is 0 Å². The minimum atomic E-state index is -3.31. The third-order valence-corrected chi connectivity index (χ3v) is 9.12. The van der Waals surface area contributed by atoms with E-state index in [1.54, 1.807) is 30.3 Å². The first-order valence-corrected chi connectivity index (χ1v) is 14.7. The monoisotopic (exact) mass is 644 g/mol. The van der Waals surface area contributed by atoms with E-state index in [4.69, 9.17) is 22.7 Å². The molecule has 0 saturated carbocycles. The van der Waals surface area contributed by atoms with Gasteiger partial charge in [-0.2, -0.15) is 4.98 Å². The molecule has 6 rings (SSSR count). The first kappa shape index (κ1) is 30.3. The van der Waals surface area contributed by atoms with Gasteiger partial charge in [0.25, 0.3) is 5.56 Å². The predicted molar refractivity (Wildman–Crippen MR) is 166 cm³/mol. The van der Waals surface area contributed by atoms with E-state index in [0.29, 0.717) is 0 Å². The first-order chi connectivity index (χ1) is 21.5. The number of hydrogen-bond donors (Lipinski definition) is 5. The van der Waals surface area contributed by atoms with Crippen molar-refractivity contribution < 1.29 is 34.4 Å². The van der Waals surface area contributed by atoms with E-state index in [1.165, 1.54) is 60.7 Å². The number of nitrogen functional groups attached to an aromatic ring is 1. The molecular formula is C31H24N4O8S2. The van der Waals surface area contributed by atoms with Crippen LogP contribution in [-0.4, -0.2) is 70.6 Å². The summed E-state index contributed by atoms with van der Waals surface area (Å²) in [4.78, 5) is 61.6. The Labute approximate surface area is 263 Å². The largest absolute Gasteiger partial charge is 0.382 e. The number of H-pyrrole nitrogens is 1. The van der Waals surface area contributed by atoms with Gasteiger partial charge in [0.05, 0.1) is 0 Å². The molecule has 1 aliphatic heterocycles. The number of ketones is 3. The standard InChI is InChI=1S/C31H24N4O8S2/c32-28-33-25-21(26(40)34-28)45-29(44)35(25)27-31(42,23(39)18-14-8-3-9-15-18)30(41,22(38)17-12-6-2-7-13-17)24(43-27)20(37)19(36)16-10-4-1-5-11-16/h1-15,20,24,27,37,41-42H,(H3,32,33,34,40)/t20?,24-,27-,30-,31+/m1/s1. The quantitative estimate of drug-likeness (QED) is 0.123. The second-order valence-electron chi connectivity index (χ2n) is 10.3. The normalized spacial score (nSPS) is 23.5. The SMILES string of the molecule is Nc1nc2c(sc(=S)n2[C@@H]2O[C@H](C(O)C(=O)c3ccccc3)[C@](O)(C(=O)c3ccccc3)[C@]2(O)C(=O)c2ccccc2)c(=O)[nH]1. The molecule has 3 heterocycles. The van der Waals surface area contributed by atoms with Gasteiger partial charge in [-0.25, -0.2) is 0 Å². The number of rotatable bonds is 8. The summed E-state index contributed by atoms with van der Waals surface area (Å²) in [5.74, 6) is -3.72. The number of Topliss-reactive ketones (excluding diaryl/α,β-unsaturated/α-hetero) is 3. The number of anilines is 1. The van der Waals surface area contributed by atoms with Crippen molar-refractivity contribution in [3.63, 3.8) is 0 Å². The average Bonchev–Trinajstić information content (AvgIpc) is 3.51. The lowest BCUT2D eigenvalue weighted by molar-refractivity contribution is -0.107. The fourth-order valence-electron chi connectivity index (χ4n) is 5.56. The van der Waals surface area contributed by atoms with Crippen LogP contribution in [0.15, 0.2) is 95.8 Å². The lowest BCUT2D eigenvalue weighted by Crippen LogP contribution is -2.68. The molecule has 5 aromatic rings. The second kappa shape index (κ2) is 11.3. The number of ether oxygens (including phenoxy) is 1. The van der Waals surface area contributed by atoms with Crippen LogP contribution in [0.2, 0.25) is 0 Å². The summed E-state index contributed by atoms with van der Waals surface area (Å²) in [5, 5.41) is 36.9. The third kappa shape index (κ3) is 4.66. The summed E-state index contributed by atoms with van der Waals surface area (Å²) in [7, 11) is 0. The van der Waals surface area contributed by atoms with E-state index in [9.17, 15) is 34.5 Å². The fourth-order valence-corrected chi connectivity index (χ4v) is 6.83. The van der Waals surface area contributed by atoms with Crippen LogP contribution < -0.4 is 11.3 Å². The van der Waals surface area contributed by atoms with E-state index in [2.05, 4.69) is 9.97 Å². The maximum Gasteiger partial charge on any atom is 0.271 e. The predicted octanol–water partition coefficient (Wildman–Crippen LogP) is 2.47. The van der Waals surface area contributed by atoms with Crippen molar-refractivity contribution in [3.8, 4) is 0 Å². The number of hydrogen-bond acceptors (Lipinski definition) is 12. The number of aromatic amines is 1. The highest BCUT2D eigenvalue weighted by atomic mass is 32.1. The number of thiazole rings is 1. The number of aromatic nitrogens is 3. The van der Waals surface area contributed by atoms with Crippen molar-refractivity contribution in [1.29, 1.82) is 0 Å². The summed E-state index contributed by atoms with van der Waals surface area (Å²) in [6, 6.07) is 22.1. The summed E-state index contributed by atoms with van der Waals surface area (Å²) in [6.07, 6.45) is -6.62. The molecule has 0 spiro atoms. The zero-order valence-corrected chi connectivity index (χ0v) is 24.7. The van der Waals surface area contributed by atoms with Crippen molar-refractivity contribution in [2.75, 3.05) is 5.73 Å². The number of fused-ring (bicyclic) bond motifs is 1. The Kier molecular flexibility index (Phi) is 7.64. The Morgan fingerprint density at radius 2 is 1.38 bits per heavy atom. The topological polar surface area (TPSA) is 198 Å². The van der Waals surface area contributed by atoms with E-state index in [1.807, 2.05) is 0 Å². The molecule has 14 heteroatoms. The summed E-state index contributed by atoms with van der Waals surface area (Å²) < 4.78 is 6.85. The minimum absolute atomic E-state index is 0.00283. The Hall–Kier alpha value is -4.70. The molecule has 0 aliphatic carbocycles. The van der Waals surface area contributed by atoms with E-state index >= 15 is 0 Å². The highest BCUT2D eigenvalue weighted by Gasteiger charge is 2.75. The molecule has 0 bridgehead atoms. The van der Waals surface area contributed by atoms with Crippen LogP contribution in [0.4, 0.5) is 5.95 Å². The molecule has 0 amide bonds. The molecular weight excluding hydrogens is 620 g/mol. The first-order valence-electron chi connectivity index (χ1n) is 13.5. The summed E-state index contributed by atoms with van der Waals surface area (Å²) in [5.41, 5.74) is -1.99. The number of carbonyl (C=O) groups excluding carboxylic acids is 3. The minimum Gasteiger partial charge on any atom is -0.382 e. The van der Waals surface area contributed by atoms with Gasteiger partial charge in [0.15, 0.2) is 27.2 Å². The second-order valence-corrected chi connectivity index (χ2v) is 12.0. The van der Waals surface area contributed by atoms with Crippen LogP contribution >= 0.6 is 23.6 Å². The third-order valence-electron chi connectivity index (χ3n) is 7.73. The maximum atomic E-state index is 14.4. The van der Waals surface area contributed by atoms with E-state index < -0.39 is 52.5 Å². The molecule has 1 fully saturated rings. The molecule has 2 aromatic heterocycles. The summed E-state index contributed by atoms with van der Waals surface area (Å²) in [6.45, 7) is 0. The van der Waals surface area contributed by atoms with Crippen LogP contribution in [0.3, 0.4) is 0 Å². The lowest BCUT2D eigenvalue weighted by Gasteiger charge is -2.39. The van der Waals surface area contributed by atoms with E-state index in [-0.39, 0.29) is 36.9 Å². The van der Waals surface area contributed by atoms with Crippen LogP contribution in [0.5, 0.6) is 0 Å². The number of nitrogens with zero attached hydrogens (tertiary/aromatic N) is 2. The average molecular weight is 645 g/mol. The van der Waals surface area contributed by atoms with Crippen LogP contribution in [0, 0.1) is 3.95 Å². The smallest absolute Gasteiger partial charge is 0.271 e. The van der Waals surface area contributed by atoms with Crippen molar-refractivity contribution in [1.82, 2.24) is 14.5 Å². The molecule has 0 radical (unpaired) electrons. The number of nitrogens with one attached hydrogen (secondary N) is 1. The van der Waals surface area contributed by atoms with Crippen molar-refractivity contribution in [2.45, 2.75) is 29.6 Å². The summed E-state index contributed by atoms with van der Waals surface area (Å²) >= 11 is 6.26. The molecule has 12 nitrogen and oxygen atoms in total. The number of benzene rings is 3. The van der Waals surface area contributed by atoms with Crippen LogP contribution in [-0.2, 0) is 4.74 Å². The molecule has 6 N–H and O–H groups in total. The van der Waals surface area contributed by atoms with Crippen molar-refractivity contribution in [2.24, 2.45) is 0 Å². The van der Waals surface area contributed by atoms with Crippen LogP contribution in [0.1, 0.15) is 37.3 Å². The Balaban J connectivity index is 1.66. The van der Waals surface area contributed by atoms with Gasteiger partial charge in [0, 0.05) is 16.7 Å². The van der Waals surface area contributed by atoms with Gasteiger partial charge in [0.2, 0.25) is 23.1 Å². The van der Waals surface area contributed by atoms with Gasteiger partial charge in [-0.15, -0.1) is 0 Å². The molecule has 1 saturated heterocycles. The lowest BCUT2D eigenvalue weighted by atomic mass is 9.69. The van der Waals surface area contributed by atoms with Gasteiger partial charge in [-0.05, 0) is 12.2 Å². The van der Waals surface area contributed by atoms with Gasteiger partial charge in [-0.3, -0.25) is 28.7 Å². The molecule has 1 unspecified atom stereocenters. The highest BCUT2D eigenvalue weighted by Crippen LogP contribution is 2.51. The fraction of sp³-hybridized carbons (Fsp3) is 0.161. The maximum absolute atomic E-state index is 14.4. The number of nitrogens with two attached hydrogens (primary N) is 1. The molecule has 45 heavy (non-hydrogen) atoms.